The highest BCUT2D eigenvalue weighted by Crippen LogP contribution is 2.41. The average molecular weight is 287 g/mol. The molecular formula is C15H17N3OS. The largest absolute Gasteiger partial charge is 0.375 e. The van der Waals surface area contributed by atoms with E-state index in [9.17, 15) is 4.79 Å². The van der Waals surface area contributed by atoms with Crippen LogP contribution in [0.15, 0.2) is 30.3 Å². The molecule has 1 amide bonds. The summed E-state index contributed by atoms with van der Waals surface area (Å²) in [6.07, 6.45) is 2.34. The van der Waals surface area contributed by atoms with Crippen molar-refractivity contribution in [2.75, 3.05) is 5.73 Å². The molecule has 1 aromatic carbocycles. The first-order valence-corrected chi connectivity index (χ1v) is 7.55. The van der Waals surface area contributed by atoms with Crippen molar-refractivity contribution in [1.82, 2.24) is 10.3 Å². The molecule has 1 fully saturated rings. The van der Waals surface area contributed by atoms with Gasteiger partial charge in [-0.05, 0) is 31.2 Å². The van der Waals surface area contributed by atoms with Crippen molar-refractivity contribution in [1.29, 1.82) is 0 Å². The molecule has 1 saturated carbocycles. The van der Waals surface area contributed by atoms with Crippen molar-refractivity contribution in [3.8, 4) is 0 Å². The molecule has 2 aromatic rings. The van der Waals surface area contributed by atoms with Crippen LogP contribution >= 0.6 is 11.3 Å². The van der Waals surface area contributed by atoms with Gasteiger partial charge in [-0.2, -0.15) is 0 Å². The third kappa shape index (κ3) is 2.67. The zero-order valence-corrected chi connectivity index (χ0v) is 12.1. The topological polar surface area (TPSA) is 68.0 Å². The number of amides is 1. The Morgan fingerprint density at radius 2 is 2.10 bits per heavy atom. The standard InChI is InChI=1S/C15H17N3OS/c1-9-13(20-15(16)17-9)14(19)18-12(11-7-8-11)10-5-3-2-4-6-10/h2-6,11-12H,7-8H2,1H3,(H2,16,17)(H,18,19). The fourth-order valence-electron chi connectivity index (χ4n) is 2.40. The van der Waals surface area contributed by atoms with Crippen LogP contribution in [0.3, 0.4) is 0 Å². The van der Waals surface area contributed by atoms with E-state index in [2.05, 4.69) is 22.4 Å². The van der Waals surface area contributed by atoms with E-state index in [-0.39, 0.29) is 11.9 Å². The van der Waals surface area contributed by atoms with Gasteiger partial charge in [-0.1, -0.05) is 41.7 Å². The van der Waals surface area contributed by atoms with E-state index in [4.69, 9.17) is 5.73 Å². The highest BCUT2D eigenvalue weighted by Gasteiger charge is 2.34. The number of aromatic nitrogens is 1. The molecule has 5 heteroatoms. The molecule has 1 aliphatic rings. The summed E-state index contributed by atoms with van der Waals surface area (Å²) in [7, 11) is 0. The molecule has 0 bridgehead atoms. The number of anilines is 1. The molecule has 1 unspecified atom stereocenters. The normalized spacial score (nSPS) is 15.8. The third-order valence-corrected chi connectivity index (χ3v) is 4.54. The fourth-order valence-corrected chi connectivity index (χ4v) is 3.13. The van der Waals surface area contributed by atoms with E-state index in [1.165, 1.54) is 29.7 Å². The Balaban J connectivity index is 1.81. The number of nitrogens with one attached hydrogen (secondary N) is 1. The molecule has 0 saturated heterocycles. The van der Waals surface area contributed by atoms with Crippen LogP contribution in [0.25, 0.3) is 0 Å². The Labute approximate surface area is 122 Å². The van der Waals surface area contributed by atoms with Gasteiger partial charge in [0.1, 0.15) is 4.88 Å². The zero-order chi connectivity index (χ0) is 14.1. The second-order valence-electron chi connectivity index (χ2n) is 5.17. The predicted molar refractivity (Wildman–Crippen MR) is 80.6 cm³/mol. The number of hydrogen-bond donors (Lipinski definition) is 2. The van der Waals surface area contributed by atoms with Crippen LogP contribution in [0, 0.1) is 12.8 Å². The van der Waals surface area contributed by atoms with Gasteiger partial charge in [0, 0.05) is 0 Å². The van der Waals surface area contributed by atoms with E-state index in [1.54, 1.807) is 0 Å². The van der Waals surface area contributed by atoms with Crippen molar-refractivity contribution in [3.63, 3.8) is 0 Å². The van der Waals surface area contributed by atoms with E-state index in [0.717, 1.165) is 0 Å². The van der Waals surface area contributed by atoms with E-state index in [1.807, 2.05) is 25.1 Å². The Kier molecular flexibility index (Phi) is 3.44. The van der Waals surface area contributed by atoms with Crippen molar-refractivity contribution in [3.05, 3.63) is 46.5 Å². The van der Waals surface area contributed by atoms with Gasteiger partial charge in [-0.3, -0.25) is 4.79 Å². The minimum absolute atomic E-state index is 0.0718. The van der Waals surface area contributed by atoms with Crippen molar-refractivity contribution in [2.24, 2.45) is 5.92 Å². The smallest absolute Gasteiger partial charge is 0.263 e. The first kappa shape index (κ1) is 13.1. The van der Waals surface area contributed by atoms with Crippen LogP contribution in [-0.4, -0.2) is 10.9 Å². The lowest BCUT2D eigenvalue weighted by atomic mass is 10.0. The van der Waals surface area contributed by atoms with Crippen molar-refractivity contribution >= 4 is 22.4 Å². The van der Waals surface area contributed by atoms with Crippen LogP contribution in [0.5, 0.6) is 0 Å². The number of nitrogen functional groups attached to an aromatic ring is 1. The summed E-state index contributed by atoms with van der Waals surface area (Å²) in [4.78, 5) is 17.1. The van der Waals surface area contributed by atoms with Crippen LogP contribution in [0.4, 0.5) is 5.13 Å². The van der Waals surface area contributed by atoms with Crippen LogP contribution in [0.2, 0.25) is 0 Å². The van der Waals surface area contributed by atoms with Gasteiger partial charge in [0.2, 0.25) is 0 Å². The second kappa shape index (κ2) is 5.25. The maximum Gasteiger partial charge on any atom is 0.263 e. The maximum absolute atomic E-state index is 12.4. The summed E-state index contributed by atoms with van der Waals surface area (Å²) < 4.78 is 0. The Morgan fingerprint density at radius 1 is 1.40 bits per heavy atom. The minimum Gasteiger partial charge on any atom is -0.375 e. The molecule has 0 aliphatic heterocycles. The lowest BCUT2D eigenvalue weighted by Crippen LogP contribution is -2.29. The number of thiazole rings is 1. The molecule has 4 nitrogen and oxygen atoms in total. The average Bonchev–Trinajstić information content (AvgIpc) is 3.22. The van der Waals surface area contributed by atoms with E-state index >= 15 is 0 Å². The van der Waals surface area contributed by atoms with Crippen LogP contribution in [0.1, 0.15) is 39.8 Å². The molecule has 0 spiro atoms. The number of benzene rings is 1. The molecule has 1 aliphatic carbocycles. The number of nitrogens with two attached hydrogens (primary N) is 1. The van der Waals surface area contributed by atoms with Crippen LogP contribution < -0.4 is 11.1 Å². The number of carbonyl (C=O) groups excluding carboxylic acids is 1. The number of hydrogen-bond acceptors (Lipinski definition) is 4. The van der Waals surface area contributed by atoms with Gasteiger partial charge in [0.05, 0.1) is 11.7 Å². The van der Waals surface area contributed by atoms with Gasteiger partial charge in [-0.15, -0.1) is 0 Å². The maximum atomic E-state index is 12.4. The zero-order valence-electron chi connectivity index (χ0n) is 11.3. The minimum atomic E-state index is -0.0718. The molecule has 104 valence electrons. The first-order valence-electron chi connectivity index (χ1n) is 6.74. The molecule has 1 aromatic heterocycles. The van der Waals surface area contributed by atoms with Gasteiger partial charge in [0.15, 0.2) is 5.13 Å². The molecule has 3 N–H and O–H groups in total. The van der Waals surface area contributed by atoms with Gasteiger partial charge in [0.25, 0.3) is 5.91 Å². The number of aryl methyl sites for hydroxylation is 1. The first-order chi connectivity index (χ1) is 9.65. The monoisotopic (exact) mass is 287 g/mol. The molecular weight excluding hydrogens is 270 g/mol. The second-order valence-corrected chi connectivity index (χ2v) is 6.20. The Hall–Kier alpha value is -1.88. The third-order valence-electron chi connectivity index (χ3n) is 3.56. The highest BCUT2D eigenvalue weighted by molar-refractivity contribution is 7.17. The van der Waals surface area contributed by atoms with Gasteiger partial charge < -0.3 is 11.1 Å². The van der Waals surface area contributed by atoms with Crippen LogP contribution in [-0.2, 0) is 0 Å². The molecule has 0 radical (unpaired) electrons. The molecule has 1 heterocycles. The SMILES string of the molecule is Cc1nc(N)sc1C(=O)NC(c1ccccc1)C1CC1. The van der Waals surface area contributed by atoms with E-state index in [0.29, 0.717) is 21.6 Å². The number of carbonyl (C=O) groups is 1. The lowest BCUT2D eigenvalue weighted by molar-refractivity contribution is 0.0935. The van der Waals surface area contributed by atoms with Crippen molar-refractivity contribution in [2.45, 2.75) is 25.8 Å². The number of rotatable bonds is 4. The van der Waals surface area contributed by atoms with Crippen molar-refractivity contribution < 1.29 is 4.79 Å². The number of nitrogens with zero attached hydrogens (tertiary/aromatic N) is 1. The molecule has 1 atom stereocenters. The summed E-state index contributed by atoms with van der Waals surface area (Å²) in [6.45, 7) is 1.82. The fraction of sp³-hybridized carbons (Fsp3) is 0.333. The summed E-state index contributed by atoms with van der Waals surface area (Å²) in [5.74, 6) is 0.476. The van der Waals surface area contributed by atoms with E-state index < -0.39 is 0 Å². The van der Waals surface area contributed by atoms with Gasteiger partial charge in [-0.25, -0.2) is 4.98 Å². The molecule has 3 rings (SSSR count). The quantitative estimate of drug-likeness (QED) is 0.908. The highest BCUT2D eigenvalue weighted by atomic mass is 32.1. The Morgan fingerprint density at radius 3 is 2.65 bits per heavy atom. The summed E-state index contributed by atoms with van der Waals surface area (Å²) >= 11 is 1.25. The summed E-state index contributed by atoms with van der Waals surface area (Å²) in [6, 6.07) is 10.2. The summed E-state index contributed by atoms with van der Waals surface area (Å²) in [5, 5.41) is 3.58. The summed E-state index contributed by atoms with van der Waals surface area (Å²) in [5.41, 5.74) is 7.53. The van der Waals surface area contributed by atoms with Gasteiger partial charge >= 0.3 is 0 Å². The Bertz CT molecular complexity index is 619. The molecule has 20 heavy (non-hydrogen) atoms. The lowest BCUT2D eigenvalue weighted by Gasteiger charge is -2.18. The predicted octanol–water partition coefficient (Wildman–Crippen LogP) is 2.91.